The molecule has 1 atom stereocenters. The summed E-state index contributed by atoms with van der Waals surface area (Å²) in [6, 6.07) is 14.9. The van der Waals surface area contributed by atoms with Gasteiger partial charge in [-0.15, -0.1) is 0 Å². The molecule has 27 heavy (non-hydrogen) atoms. The number of quaternary nitrogens is 1. The van der Waals surface area contributed by atoms with Crippen LogP contribution in [0.25, 0.3) is 0 Å². The van der Waals surface area contributed by atoms with Crippen LogP contribution in [0, 0.1) is 0 Å². The minimum absolute atomic E-state index is 0.0932. The van der Waals surface area contributed by atoms with Gasteiger partial charge in [-0.25, -0.2) is 4.90 Å². The zero-order valence-electron chi connectivity index (χ0n) is 14.7. The molecule has 0 radical (unpaired) electrons. The van der Waals surface area contributed by atoms with Gasteiger partial charge in [0, 0.05) is 15.2 Å². The lowest BCUT2D eigenvalue weighted by Crippen LogP contribution is -3.19. The zero-order valence-corrected chi connectivity index (χ0v) is 17.0. The van der Waals surface area contributed by atoms with Crippen molar-refractivity contribution >= 4 is 50.7 Å². The molecule has 4 rings (SSSR count). The van der Waals surface area contributed by atoms with Crippen LogP contribution in [0.5, 0.6) is 0 Å². The Hall–Kier alpha value is -1.89. The van der Waals surface area contributed by atoms with Crippen LogP contribution in [-0.4, -0.2) is 44.0 Å². The Labute approximate surface area is 171 Å². The van der Waals surface area contributed by atoms with Crippen LogP contribution in [0.1, 0.15) is 6.42 Å². The Kier molecular flexibility index (Phi) is 5.21. The second kappa shape index (κ2) is 7.62. The number of amides is 2. The smallest absolute Gasteiger partial charge is 0.292 e. The number of hydrogen-bond donors (Lipinski definition) is 1. The highest BCUT2D eigenvalue weighted by Crippen LogP contribution is 2.25. The van der Waals surface area contributed by atoms with Gasteiger partial charge in [0.05, 0.1) is 38.3 Å². The summed E-state index contributed by atoms with van der Waals surface area (Å²) in [5.74, 6) is -0.211. The third-order valence-corrected chi connectivity index (χ3v) is 6.01. The summed E-state index contributed by atoms with van der Waals surface area (Å²) in [6.07, 6.45) is 0.276. The van der Waals surface area contributed by atoms with Crippen LogP contribution in [0.3, 0.4) is 0 Å². The summed E-state index contributed by atoms with van der Waals surface area (Å²) < 4.78 is 0.853. The summed E-state index contributed by atoms with van der Waals surface area (Å²) >= 11 is 9.50. The number of nitrogens with zero attached hydrogens (tertiary/aromatic N) is 2. The molecule has 2 amide bonds. The standard InChI is InChI=1S/C20H19BrClN3O2/c21-14-3-1-6-17(11-14)25-19(26)13-18(20(25)27)24-9-7-23(8-10-24)16-5-2-4-15(22)12-16/h1-6,11-12,18H,7-10,13H2/p+1/t18-/m1/s1. The zero-order chi connectivity index (χ0) is 19.0. The quantitative estimate of drug-likeness (QED) is 0.730. The van der Waals surface area contributed by atoms with E-state index in [9.17, 15) is 9.59 Å². The fourth-order valence-corrected chi connectivity index (χ4v) is 4.48. The predicted molar refractivity (Wildman–Crippen MR) is 109 cm³/mol. The summed E-state index contributed by atoms with van der Waals surface area (Å²) in [5, 5.41) is 0.725. The first kappa shape index (κ1) is 18.5. The molecule has 2 aromatic rings. The molecule has 140 valence electrons. The fraction of sp³-hybridized carbons (Fsp3) is 0.300. The molecule has 7 heteroatoms. The average Bonchev–Trinajstić information content (AvgIpc) is 2.96. The lowest BCUT2D eigenvalue weighted by molar-refractivity contribution is -0.915. The molecule has 0 spiro atoms. The van der Waals surface area contributed by atoms with Gasteiger partial charge in [-0.1, -0.05) is 39.7 Å². The molecule has 0 bridgehead atoms. The van der Waals surface area contributed by atoms with Crippen molar-refractivity contribution in [1.82, 2.24) is 0 Å². The first-order chi connectivity index (χ1) is 13.0. The summed E-state index contributed by atoms with van der Waals surface area (Å²) in [5.41, 5.74) is 1.74. The maximum absolute atomic E-state index is 13.0. The Morgan fingerprint density at radius 1 is 1.00 bits per heavy atom. The largest absolute Gasteiger partial charge is 0.360 e. The number of rotatable bonds is 3. The molecule has 0 unspecified atom stereocenters. The van der Waals surface area contributed by atoms with Crippen LogP contribution in [0.4, 0.5) is 11.4 Å². The number of halogens is 2. The number of piperazine rings is 1. The van der Waals surface area contributed by atoms with Gasteiger partial charge in [0.2, 0.25) is 5.91 Å². The Morgan fingerprint density at radius 3 is 2.41 bits per heavy atom. The van der Waals surface area contributed by atoms with Gasteiger partial charge >= 0.3 is 0 Å². The molecule has 1 N–H and O–H groups in total. The summed E-state index contributed by atoms with van der Waals surface area (Å²) in [4.78, 5) is 30.3. The van der Waals surface area contributed by atoms with E-state index >= 15 is 0 Å². The van der Waals surface area contributed by atoms with E-state index in [0.717, 1.165) is 41.4 Å². The molecule has 2 fully saturated rings. The molecule has 0 saturated carbocycles. The van der Waals surface area contributed by atoms with Crippen molar-refractivity contribution in [3.8, 4) is 0 Å². The van der Waals surface area contributed by atoms with E-state index in [4.69, 9.17) is 11.6 Å². The van der Waals surface area contributed by atoms with E-state index in [1.165, 1.54) is 9.80 Å². The number of benzene rings is 2. The van der Waals surface area contributed by atoms with Gasteiger partial charge in [-0.05, 0) is 36.4 Å². The monoisotopic (exact) mass is 448 g/mol. The lowest BCUT2D eigenvalue weighted by Gasteiger charge is -2.35. The van der Waals surface area contributed by atoms with E-state index in [0.29, 0.717) is 5.69 Å². The number of carbonyl (C=O) groups excluding carboxylic acids is 2. The first-order valence-electron chi connectivity index (χ1n) is 9.00. The molecule has 2 aromatic carbocycles. The van der Waals surface area contributed by atoms with Crippen molar-refractivity contribution in [2.75, 3.05) is 36.0 Å². The number of carbonyl (C=O) groups is 2. The van der Waals surface area contributed by atoms with Gasteiger partial charge in [0.15, 0.2) is 6.04 Å². The summed E-state index contributed by atoms with van der Waals surface area (Å²) in [7, 11) is 0. The van der Waals surface area contributed by atoms with Crippen molar-refractivity contribution in [2.24, 2.45) is 0 Å². The SMILES string of the molecule is O=C1C[C@@H]([NH+]2CCN(c3cccc(Cl)c3)CC2)C(=O)N1c1cccc(Br)c1. The molecule has 2 aliphatic heterocycles. The van der Waals surface area contributed by atoms with Crippen LogP contribution in [-0.2, 0) is 9.59 Å². The maximum Gasteiger partial charge on any atom is 0.292 e. The topological polar surface area (TPSA) is 45.1 Å². The van der Waals surface area contributed by atoms with Crippen molar-refractivity contribution in [3.05, 3.63) is 58.0 Å². The Morgan fingerprint density at radius 2 is 1.70 bits per heavy atom. The van der Waals surface area contributed by atoms with E-state index in [2.05, 4.69) is 26.9 Å². The number of anilines is 2. The van der Waals surface area contributed by atoms with Crippen LogP contribution in [0.15, 0.2) is 53.0 Å². The highest BCUT2D eigenvalue weighted by molar-refractivity contribution is 9.10. The third kappa shape index (κ3) is 3.74. The highest BCUT2D eigenvalue weighted by atomic mass is 79.9. The first-order valence-corrected chi connectivity index (χ1v) is 10.2. The van der Waals surface area contributed by atoms with Crippen molar-refractivity contribution in [2.45, 2.75) is 12.5 Å². The number of nitrogens with one attached hydrogen (secondary N) is 1. The summed E-state index contributed by atoms with van der Waals surface area (Å²) in [6.45, 7) is 3.32. The molecule has 2 saturated heterocycles. The molecular weight excluding hydrogens is 430 g/mol. The van der Waals surface area contributed by atoms with Crippen molar-refractivity contribution < 1.29 is 14.5 Å². The lowest BCUT2D eigenvalue weighted by atomic mass is 10.1. The second-order valence-corrected chi connectivity index (χ2v) is 8.28. The highest BCUT2D eigenvalue weighted by Gasteiger charge is 2.46. The van der Waals surface area contributed by atoms with E-state index in [1.54, 1.807) is 6.07 Å². The van der Waals surface area contributed by atoms with Gasteiger partial charge < -0.3 is 9.80 Å². The molecule has 5 nitrogen and oxygen atoms in total. The van der Waals surface area contributed by atoms with Crippen LogP contribution in [0.2, 0.25) is 5.02 Å². The van der Waals surface area contributed by atoms with Crippen molar-refractivity contribution in [1.29, 1.82) is 0 Å². The Bertz CT molecular complexity index is 883. The third-order valence-electron chi connectivity index (χ3n) is 5.28. The minimum atomic E-state index is -0.294. The van der Waals surface area contributed by atoms with E-state index in [-0.39, 0.29) is 24.3 Å². The molecule has 0 aliphatic carbocycles. The van der Waals surface area contributed by atoms with Crippen molar-refractivity contribution in [3.63, 3.8) is 0 Å². The predicted octanol–water partition coefficient (Wildman–Crippen LogP) is 2.14. The molecule has 0 aromatic heterocycles. The molecule has 2 heterocycles. The number of hydrogen-bond acceptors (Lipinski definition) is 3. The normalized spacial score (nSPS) is 21.2. The van der Waals surface area contributed by atoms with Gasteiger partial charge in [-0.3, -0.25) is 9.59 Å². The van der Waals surface area contributed by atoms with Crippen LogP contribution >= 0.6 is 27.5 Å². The Balaban J connectivity index is 1.44. The van der Waals surface area contributed by atoms with E-state index in [1.807, 2.05) is 36.4 Å². The fourth-order valence-electron chi connectivity index (χ4n) is 3.91. The minimum Gasteiger partial charge on any atom is -0.360 e. The second-order valence-electron chi connectivity index (χ2n) is 6.93. The average molecular weight is 450 g/mol. The molecular formula is C20H20BrClN3O2+. The van der Waals surface area contributed by atoms with E-state index < -0.39 is 0 Å². The van der Waals surface area contributed by atoms with Crippen LogP contribution < -0.4 is 14.7 Å². The van der Waals surface area contributed by atoms with Gasteiger partial charge in [-0.2, -0.15) is 0 Å². The molecule has 2 aliphatic rings. The van der Waals surface area contributed by atoms with Gasteiger partial charge in [0.25, 0.3) is 5.91 Å². The van der Waals surface area contributed by atoms with Gasteiger partial charge in [0.1, 0.15) is 0 Å². The number of imide groups is 1. The maximum atomic E-state index is 13.0.